The average molecular weight is 416 g/mol. The fourth-order valence-electron chi connectivity index (χ4n) is 2.61. The van der Waals surface area contributed by atoms with Gasteiger partial charge in [-0.3, -0.25) is 18.7 Å². The number of carbonyl (C=O) groups excluding carboxylic acids is 2. The van der Waals surface area contributed by atoms with E-state index in [0.717, 1.165) is 12.1 Å². The molecule has 26 heavy (non-hydrogen) atoms. The van der Waals surface area contributed by atoms with Crippen LogP contribution in [0, 0.1) is 0 Å². The summed E-state index contributed by atoms with van der Waals surface area (Å²) in [5.41, 5.74) is -1.83. The Kier molecular flexibility index (Phi) is 7.20. The molecular weight excluding hydrogens is 406 g/mol. The van der Waals surface area contributed by atoms with Crippen molar-refractivity contribution in [1.29, 1.82) is 0 Å². The van der Waals surface area contributed by atoms with Gasteiger partial charge in [-0.1, -0.05) is 24.3 Å². The van der Waals surface area contributed by atoms with Crippen LogP contribution < -0.4 is 0 Å². The topological polar surface area (TPSA) is 143 Å². The summed E-state index contributed by atoms with van der Waals surface area (Å²) in [7, 11) is -9.67. The Balaban J connectivity index is 0.00000169. The minimum atomic E-state index is -4.84. The number of ketones is 2. The van der Waals surface area contributed by atoms with E-state index >= 15 is 0 Å². The van der Waals surface area contributed by atoms with Crippen LogP contribution in [0.3, 0.4) is 0 Å². The van der Waals surface area contributed by atoms with Gasteiger partial charge in [-0.15, -0.1) is 0 Å². The Morgan fingerprint density at radius 2 is 0.962 bits per heavy atom. The van der Waals surface area contributed by atoms with Crippen LogP contribution in [-0.4, -0.2) is 96.6 Å². The van der Waals surface area contributed by atoms with Gasteiger partial charge >= 0.3 is 59.1 Å². The zero-order valence-corrected chi connectivity index (χ0v) is 13.3. The summed E-state index contributed by atoms with van der Waals surface area (Å²) in [6.45, 7) is 0. The van der Waals surface area contributed by atoms with E-state index < -0.39 is 52.7 Å². The van der Waals surface area contributed by atoms with Crippen LogP contribution in [0.5, 0.6) is 0 Å². The Morgan fingerprint density at radius 1 is 0.615 bits per heavy atom. The van der Waals surface area contributed by atoms with Crippen molar-refractivity contribution < 1.29 is 35.5 Å². The van der Waals surface area contributed by atoms with Gasteiger partial charge < -0.3 is 0 Å². The molecule has 0 fully saturated rings. The van der Waals surface area contributed by atoms with Gasteiger partial charge in [0.05, 0.1) is 11.1 Å². The summed E-state index contributed by atoms with van der Waals surface area (Å²) in [5, 5.41) is 0. The molecule has 8 nitrogen and oxygen atoms in total. The SMILES string of the molecule is O=C1c2cccc(S(=O)(=O)O)c2C(=O)c2c1cccc2S(=O)(=O)O.[NaH].[NaH]. The fraction of sp³-hybridized carbons (Fsp3) is 0. The second-order valence-electron chi connectivity index (χ2n) is 4.97. The van der Waals surface area contributed by atoms with Crippen LogP contribution in [0.2, 0.25) is 0 Å². The van der Waals surface area contributed by atoms with Crippen molar-refractivity contribution in [3.8, 4) is 0 Å². The molecule has 1 aliphatic carbocycles. The molecule has 1 aliphatic rings. The zero-order chi connectivity index (χ0) is 17.9. The van der Waals surface area contributed by atoms with Gasteiger partial charge in [0.25, 0.3) is 20.2 Å². The maximum absolute atomic E-state index is 12.7. The van der Waals surface area contributed by atoms with E-state index in [9.17, 15) is 35.5 Å². The standard InChI is InChI=1S/C14H8O8S2.2Na.2H/c15-13-7-3-1-5-9(23(17,18)19)11(7)14(16)12-8(13)4-2-6-10(12)24(20,21)22;;;;/h1-6H,(H,17,18,19)(H,20,21,22);;;;. The molecule has 2 N–H and O–H groups in total. The first-order valence-electron chi connectivity index (χ1n) is 6.34. The Morgan fingerprint density at radius 3 is 1.27 bits per heavy atom. The number of hydrogen-bond donors (Lipinski definition) is 2. The molecule has 0 aromatic heterocycles. The molecule has 0 amide bonds. The third-order valence-electron chi connectivity index (χ3n) is 3.55. The first kappa shape index (κ1) is 23.6. The number of fused-ring (bicyclic) bond motifs is 2. The third kappa shape index (κ3) is 3.90. The Hall–Kier alpha value is -0.400. The first-order valence-corrected chi connectivity index (χ1v) is 9.22. The molecule has 0 radical (unpaired) electrons. The average Bonchev–Trinajstić information content (AvgIpc) is 2.49. The van der Waals surface area contributed by atoms with E-state index in [0.29, 0.717) is 0 Å². The van der Waals surface area contributed by atoms with Crippen molar-refractivity contribution in [2.24, 2.45) is 0 Å². The van der Waals surface area contributed by atoms with Gasteiger partial charge in [0, 0.05) is 11.1 Å². The molecule has 128 valence electrons. The predicted molar refractivity (Wildman–Crippen MR) is 93.7 cm³/mol. The Bertz CT molecular complexity index is 1050. The van der Waals surface area contributed by atoms with E-state index in [1.165, 1.54) is 24.3 Å². The molecule has 0 saturated carbocycles. The molecule has 12 heteroatoms. The first-order chi connectivity index (χ1) is 11.0. The normalized spacial score (nSPS) is 13.2. The number of benzene rings is 2. The maximum atomic E-state index is 12.7. The summed E-state index contributed by atoms with van der Waals surface area (Å²) >= 11 is 0. The third-order valence-corrected chi connectivity index (χ3v) is 5.34. The van der Waals surface area contributed by atoms with E-state index in [1.807, 2.05) is 0 Å². The van der Waals surface area contributed by atoms with Crippen molar-refractivity contribution in [1.82, 2.24) is 0 Å². The van der Waals surface area contributed by atoms with Gasteiger partial charge in [0.1, 0.15) is 9.79 Å². The molecule has 0 bridgehead atoms. The second kappa shape index (κ2) is 7.92. The minimum absolute atomic E-state index is 0. The van der Waals surface area contributed by atoms with Gasteiger partial charge in [-0.2, -0.15) is 16.8 Å². The molecule has 0 heterocycles. The number of carbonyl (C=O) groups is 2. The molecule has 3 rings (SSSR count). The quantitative estimate of drug-likeness (QED) is 0.427. The molecule has 0 spiro atoms. The van der Waals surface area contributed by atoms with Crippen LogP contribution in [0.25, 0.3) is 0 Å². The molecule has 0 saturated heterocycles. The van der Waals surface area contributed by atoms with Crippen LogP contribution in [-0.2, 0) is 20.2 Å². The van der Waals surface area contributed by atoms with E-state index in [-0.39, 0.29) is 70.2 Å². The van der Waals surface area contributed by atoms with Crippen molar-refractivity contribution in [3.63, 3.8) is 0 Å². The van der Waals surface area contributed by atoms with Crippen LogP contribution >= 0.6 is 0 Å². The van der Waals surface area contributed by atoms with Crippen molar-refractivity contribution in [2.45, 2.75) is 9.79 Å². The fourth-order valence-corrected chi connectivity index (χ4v) is 4.03. The van der Waals surface area contributed by atoms with Gasteiger partial charge in [0.15, 0.2) is 11.6 Å². The number of hydrogen-bond acceptors (Lipinski definition) is 6. The summed E-state index contributed by atoms with van der Waals surface area (Å²) in [5.74, 6) is -1.89. The van der Waals surface area contributed by atoms with E-state index in [4.69, 9.17) is 0 Å². The predicted octanol–water partition coefficient (Wildman–Crippen LogP) is -0.342. The van der Waals surface area contributed by atoms with Gasteiger partial charge in [0.2, 0.25) is 0 Å². The van der Waals surface area contributed by atoms with E-state index in [1.54, 1.807) is 0 Å². The summed E-state index contributed by atoms with van der Waals surface area (Å²) < 4.78 is 64.4. The Labute approximate surface area is 193 Å². The summed E-state index contributed by atoms with van der Waals surface area (Å²) in [4.78, 5) is 23.6. The van der Waals surface area contributed by atoms with Crippen molar-refractivity contribution in [2.75, 3.05) is 0 Å². The molecule has 0 unspecified atom stereocenters. The van der Waals surface area contributed by atoms with Crippen molar-refractivity contribution in [3.05, 3.63) is 58.7 Å². The van der Waals surface area contributed by atoms with Crippen LogP contribution in [0.4, 0.5) is 0 Å². The van der Waals surface area contributed by atoms with Gasteiger partial charge in [-0.25, -0.2) is 0 Å². The van der Waals surface area contributed by atoms with Crippen LogP contribution in [0.15, 0.2) is 46.2 Å². The summed E-state index contributed by atoms with van der Waals surface area (Å²) in [6, 6.07) is 6.55. The molecular formula is C14H10Na2O8S2. The molecule has 2 aromatic rings. The van der Waals surface area contributed by atoms with Crippen molar-refractivity contribution >= 4 is 90.9 Å². The zero-order valence-electron chi connectivity index (χ0n) is 11.6. The monoisotopic (exact) mass is 416 g/mol. The van der Waals surface area contributed by atoms with Crippen LogP contribution in [0.1, 0.15) is 31.8 Å². The summed E-state index contributed by atoms with van der Waals surface area (Å²) in [6.07, 6.45) is 0. The molecule has 2 aromatic carbocycles. The molecule has 0 atom stereocenters. The van der Waals surface area contributed by atoms with E-state index in [2.05, 4.69) is 0 Å². The second-order valence-corrected chi connectivity index (χ2v) is 7.75. The number of rotatable bonds is 2. The van der Waals surface area contributed by atoms with Gasteiger partial charge in [-0.05, 0) is 12.1 Å². The molecule has 0 aliphatic heterocycles.